The molecule has 1 atom stereocenters. The van der Waals surface area contributed by atoms with Crippen LogP contribution in [0.2, 0.25) is 0 Å². The van der Waals surface area contributed by atoms with Crippen LogP contribution >= 0.6 is 11.6 Å². The van der Waals surface area contributed by atoms with Crippen molar-refractivity contribution >= 4 is 23.3 Å². The molecule has 5 heteroatoms. The molecule has 0 amide bonds. The Labute approximate surface area is 117 Å². The van der Waals surface area contributed by atoms with Gasteiger partial charge >= 0.3 is 5.97 Å². The molecule has 4 nitrogen and oxygen atoms in total. The third-order valence-electron chi connectivity index (χ3n) is 2.97. The number of benzene rings is 1. The van der Waals surface area contributed by atoms with Crippen molar-refractivity contribution in [1.82, 2.24) is 0 Å². The Morgan fingerprint density at radius 2 is 2.11 bits per heavy atom. The van der Waals surface area contributed by atoms with Gasteiger partial charge in [0.2, 0.25) is 6.29 Å². The van der Waals surface area contributed by atoms with E-state index in [-0.39, 0.29) is 5.03 Å². The fourth-order valence-electron chi connectivity index (χ4n) is 1.78. The van der Waals surface area contributed by atoms with Crippen LogP contribution in [0.1, 0.15) is 18.1 Å². The molecule has 0 aromatic heterocycles. The van der Waals surface area contributed by atoms with Gasteiger partial charge in [0.05, 0.1) is 0 Å². The summed E-state index contributed by atoms with van der Waals surface area (Å²) in [5.41, 5.74) is 3.65. The number of cyclic esters (lactones) is 1. The topological polar surface area (TPSA) is 47.6 Å². The molecule has 0 spiro atoms. The van der Waals surface area contributed by atoms with Gasteiger partial charge in [-0.3, -0.25) is 0 Å². The van der Waals surface area contributed by atoms with Crippen LogP contribution in [0.15, 0.2) is 28.9 Å². The van der Waals surface area contributed by atoms with Gasteiger partial charge in [0.1, 0.15) is 5.70 Å². The van der Waals surface area contributed by atoms with Crippen molar-refractivity contribution in [1.29, 1.82) is 0 Å². The summed E-state index contributed by atoms with van der Waals surface area (Å²) >= 11 is 5.94. The van der Waals surface area contributed by atoms with Crippen molar-refractivity contribution in [2.45, 2.75) is 27.1 Å². The van der Waals surface area contributed by atoms with Crippen molar-refractivity contribution < 1.29 is 14.3 Å². The second-order valence-corrected chi connectivity index (χ2v) is 4.72. The number of carbonyl (C=O) groups excluding carboxylic acids is 1. The van der Waals surface area contributed by atoms with E-state index in [1.807, 2.05) is 39.0 Å². The maximum atomic E-state index is 11.4. The predicted octanol–water partition coefficient (Wildman–Crippen LogP) is 3.09. The number of hydrogen-bond donors (Lipinski definition) is 1. The minimum atomic E-state index is -0.758. The largest absolute Gasteiger partial charge is 0.425 e. The van der Waals surface area contributed by atoms with Crippen LogP contribution in [0.5, 0.6) is 0 Å². The summed E-state index contributed by atoms with van der Waals surface area (Å²) in [4.78, 5) is 11.4. The summed E-state index contributed by atoms with van der Waals surface area (Å²) in [5.74, 6) is -0.563. The quantitative estimate of drug-likeness (QED) is 0.862. The zero-order valence-corrected chi connectivity index (χ0v) is 11.9. The van der Waals surface area contributed by atoms with Crippen LogP contribution in [0.4, 0.5) is 5.69 Å². The number of anilines is 1. The number of halogens is 1. The van der Waals surface area contributed by atoms with E-state index in [4.69, 9.17) is 21.1 Å². The molecule has 102 valence electrons. The SMILES string of the molecule is CCO[C@@H]1OC(=O)C(Cl)=C1Nc1ccc(C)c(C)c1. The van der Waals surface area contributed by atoms with E-state index in [0.717, 1.165) is 11.3 Å². The van der Waals surface area contributed by atoms with Gasteiger partial charge < -0.3 is 14.8 Å². The Kier molecular flexibility index (Phi) is 4.12. The smallest absolute Gasteiger partial charge is 0.354 e. The second kappa shape index (κ2) is 5.63. The number of esters is 1. The summed E-state index contributed by atoms with van der Waals surface area (Å²) in [6, 6.07) is 5.91. The fourth-order valence-corrected chi connectivity index (χ4v) is 1.96. The molecular weight excluding hydrogens is 266 g/mol. The lowest BCUT2D eigenvalue weighted by atomic mass is 10.1. The average Bonchev–Trinajstić information content (AvgIpc) is 2.62. The van der Waals surface area contributed by atoms with E-state index in [1.54, 1.807) is 0 Å². The van der Waals surface area contributed by atoms with E-state index in [9.17, 15) is 4.79 Å². The molecule has 1 aromatic carbocycles. The highest BCUT2D eigenvalue weighted by molar-refractivity contribution is 6.42. The van der Waals surface area contributed by atoms with E-state index >= 15 is 0 Å². The van der Waals surface area contributed by atoms with Gasteiger partial charge in [-0.25, -0.2) is 4.79 Å². The lowest BCUT2D eigenvalue weighted by Gasteiger charge is -2.16. The second-order valence-electron chi connectivity index (χ2n) is 4.34. The lowest BCUT2D eigenvalue weighted by molar-refractivity contribution is -0.158. The Morgan fingerprint density at radius 1 is 1.37 bits per heavy atom. The molecule has 0 saturated carbocycles. The Hall–Kier alpha value is -1.52. The predicted molar refractivity (Wildman–Crippen MR) is 73.9 cm³/mol. The van der Waals surface area contributed by atoms with E-state index in [1.165, 1.54) is 5.56 Å². The molecule has 0 bridgehead atoms. The van der Waals surface area contributed by atoms with E-state index in [2.05, 4.69) is 5.32 Å². The fraction of sp³-hybridized carbons (Fsp3) is 0.357. The Morgan fingerprint density at radius 3 is 2.74 bits per heavy atom. The van der Waals surface area contributed by atoms with Crippen molar-refractivity contribution in [2.24, 2.45) is 0 Å². The molecular formula is C14H16ClNO3. The lowest BCUT2D eigenvalue weighted by Crippen LogP contribution is -2.20. The molecule has 0 saturated heterocycles. The number of hydrogen-bond acceptors (Lipinski definition) is 4. The van der Waals surface area contributed by atoms with Gasteiger partial charge in [-0.05, 0) is 44.0 Å². The van der Waals surface area contributed by atoms with Crippen molar-refractivity contribution in [3.05, 3.63) is 40.1 Å². The minimum Gasteiger partial charge on any atom is -0.425 e. The van der Waals surface area contributed by atoms with Crippen LogP contribution < -0.4 is 5.32 Å². The first-order chi connectivity index (χ1) is 9.02. The Balaban J connectivity index is 2.24. The molecule has 0 radical (unpaired) electrons. The standard InChI is InChI=1S/C14H16ClNO3/c1-4-18-14-12(11(15)13(17)19-14)16-10-6-5-8(2)9(3)7-10/h5-7,14,16H,4H2,1-3H3/t14-/m1/s1. The van der Waals surface area contributed by atoms with Gasteiger partial charge in [-0.15, -0.1) is 0 Å². The van der Waals surface area contributed by atoms with Crippen molar-refractivity contribution in [3.8, 4) is 0 Å². The van der Waals surface area contributed by atoms with Gasteiger partial charge in [0.15, 0.2) is 5.03 Å². The van der Waals surface area contributed by atoms with Gasteiger partial charge in [0.25, 0.3) is 0 Å². The van der Waals surface area contributed by atoms with Crippen LogP contribution in [0, 0.1) is 13.8 Å². The van der Waals surface area contributed by atoms with Gasteiger partial charge in [-0.1, -0.05) is 17.7 Å². The molecule has 0 unspecified atom stereocenters. The zero-order valence-electron chi connectivity index (χ0n) is 11.1. The molecule has 0 aliphatic carbocycles. The molecule has 2 rings (SSSR count). The number of aryl methyl sites for hydroxylation is 2. The van der Waals surface area contributed by atoms with Gasteiger partial charge in [-0.2, -0.15) is 0 Å². The summed E-state index contributed by atoms with van der Waals surface area (Å²) in [5, 5.41) is 3.14. The van der Waals surface area contributed by atoms with Gasteiger partial charge in [0, 0.05) is 12.3 Å². The van der Waals surface area contributed by atoms with Crippen molar-refractivity contribution in [3.63, 3.8) is 0 Å². The summed E-state index contributed by atoms with van der Waals surface area (Å²) < 4.78 is 10.4. The number of rotatable bonds is 4. The zero-order chi connectivity index (χ0) is 14.0. The van der Waals surface area contributed by atoms with Crippen LogP contribution in [-0.2, 0) is 14.3 Å². The number of ether oxygens (including phenoxy) is 2. The maximum Gasteiger partial charge on any atom is 0.354 e. The molecule has 0 fully saturated rings. The molecule has 1 aliphatic rings. The average molecular weight is 282 g/mol. The van der Waals surface area contributed by atoms with E-state index < -0.39 is 12.3 Å². The highest BCUT2D eigenvalue weighted by Gasteiger charge is 2.34. The highest BCUT2D eigenvalue weighted by Crippen LogP contribution is 2.28. The molecule has 1 aromatic rings. The van der Waals surface area contributed by atoms with Crippen molar-refractivity contribution in [2.75, 3.05) is 11.9 Å². The summed E-state index contributed by atoms with van der Waals surface area (Å²) in [6.45, 7) is 6.32. The minimum absolute atomic E-state index is 0.0386. The third kappa shape index (κ3) is 2.91. The first-order valence-corrected chi connectivity index (χ1v) is 6.47. The normalized spacial score (nSPS) is 18.7. The molecule has 19 heavy (non-hydrogen) atoms. The number of nitrogens with one attached hydrogen (secondary N) is 1. The van der Waals surface area contributed by atoms with Crippen LogP contribution in [0.25, 0.3) is 0 Å². The maximum absolute atomic E-state index is 11.4. The monoisotopic (exact) mass is 281 g/mol. The van der Waals surface area contributed by atoms with Crippen LogP contribution in [0.3, 0.4) is 0 Å². The summed E-state index contributed by atoms with van der Waals surface area (Å²) in [7, 11) is 0. The third-order valence-corrected chi connectivity index (χ3v) is 3.33. The summed E-state index contributed by atoms with van der Waals surface area (Å²) in [6.07, 6.45) is -0.758. The number of carbonyl (C=O) groups is 1. The Bertz CT molecular complexity index is 539. The van der Waals surface area contributed by atoms with Crippen LogP contribution in [-0.4, -0.2) is 18.9 Å². The highest BCUT2D eigenvalue weighted by atomic mass is 35.5. The molecule has 1 heterocycles. The molecule has 1 aliphatic heterocycles. The first-order valence-electron chi connectivity index (χ1n) is 6.09. The molecule has 1 N–H and O–H groups in total. The first kappa shape index (κ1) is 13.9. The van der Waals surface area contributed by atoms with E-state index in [0.29, 0.717) is 12.3 Å².